The molecule has 0 aliphatic carbocycles. The highest BCUT2D eigenvalue weighted by Gasteiger charge is 2.27. The molecule has 0 fully saturated rings. The topological polar surface area (TPSA) is 120 Å². The average molecular weight is 383 g/mol. The molecule has 0 spiro atoms. The number of hydrogen-bond donors (Lipinski definition) is 2. The van der Waals surface area contributed by atoms with E-state index >= 15 is 0 Å². The Bertz CT molecular complexity index is 966. The van der Waals surface area contributed by atoms with E-state index in [1.165, 1.54) is 16.0 Å². The lowest BCUT2D eigenvalue weighted by Crippen LogP contribution is -2.47. The molecule has 8 nitrogen and oxygen atoms in total. The van der Waals surface area contributed by atoms with Crippen molar-refractivity contribution in [2.45, 2.75) is 19.4 Å². The van der Waals surface area contributed by atoms with E-state index in [0.717, 1.165) is 5.56 Å². The van der Waals surface area contributed by atoms with Crippen LogP contribution >= 0.6 is 11.3 Å². The molecule has 3 aromatic rings. The molecule has 2 amide bonds. The second kappa shape index (κ2) is 7.92. The molecule has 2 heterocycles. The number of hydrogen-bond acceptors (Lipinski definition) is 6. The Kier molecular flexibility index (Phi) is 5.41. The molecule has 3 N–H and O–H groups in total. The molecular formula is C18H17N5O3S. The van der Waals surface area contributed by atoms with Gasteiger partial charge in [-0.25, -0.2) is 9.67 Å². The summed E-state index contributed by atoms with van der Waals surface area (Å²) < 4.78 is 1.41. The zero-order valence-corrected chi connectivity index (χ0v) is 15.3. The lowest BCUT2D eigenvalue weighted by molar-refractivity contribution is -0.137. The van der Waals surface area contributed by atoms with Crippen LogP contribution < -0.4 is 11.1 Å². The van der Waals surface area contributed by atoms with E-state index in [9.17, 15) is 14.4 Å². The SMILES string of the molecule is Cc1cc(C(=O)NC(Cc2ccccc2)C(=O)C(N)=O)n(-c2nccs2)n1. The minimum atomic E-state index is -1.10. The van der Waals surface area contributed by atoms with Crippen LogP contribution in [0.2, 0.25) is 0 Å². The van der Waals surface area contributed by atoms with Gasteiger partial charge in [0.1, 0.15) is 11.7 Å². The largest absolute Gasteiger partial charge is 0.363 e. The van der Waals surface area contributed by atoms with E-state index in [4.69, 9.17) is 5.73 Å². The molecule has 2 aromatic heterocycles. The van der Waals surface area contributed by atoms with Crippen molar-refractivity contribution in [3.63, 3.8) is 0 Å². The summed E-state index contributed by atoms with van der Waals surface area (Å²) >= 11 is 1.32. The van der Waals surface area contributed by atoms with Crippen molar-refractivity contribution in [1.82, 2.24) is 20.1 Å². The van der Waals surface area contributed by atoms with Crippen molar-refractivity contribution >= 4 is 28.9 Å². The molecule has 138 valence electrons. The number of carbonyl (C=O) groups is 3. The van der Waals surface area contributed by atoms with E-state index < -0.39 is 23.6 Å². The van der Waals surface area contributed by atoms with Crippen LogP contribution in [0, 0.1) is 6.92 Å². The summed E-state index contributed by atoms with van der Waals surface area (Å²) in [6, 6.07) is 9.58. The normalized spacial score (nSPS) is 11.7. The Balaban J connectivity index is 1.87. The fourth-order valence-corrected chi connectivity index (χ4v) is 3.19. The average Bonchev–Trinajstić information content (AvgIpc) is 3.30. The number of carbonyl (C=O) groups excluding carboxylic acids is 3. The molecule has 0 aliphatic rings. The standard InChI is InChI=1S/C18H17N5O3S/c1-11-9-14(23(22-11)18-20-7-8-27-18)17(26)21-13(15(24)16(19)25)10-12-5-3-2-4-6-12/h2-9,13H,10H2,1H3,(H2,19,25)(H,21,26). The zero-order chi connectivity index (χ0) is 19.4. The Morgan fingerprint density at radius 1 is 1.26 bits per heavy atom. The Hall–Kier alpha value is -3.33. The van der Waals surface area contributed by atoms with Crippen LogP contribution in [0.15, 0.2) is 48.0 Å². The van der Waals surface area contributed by atoms with Gasteiger partial charge in [0.2, 0.25) is 10.9 Å². The van der Waals surface area contributed by atoms with Crippen LogP contribution in [0.25, 0.3) is 5.13 Å². The quantitative estimate of drug-likeness (QED) is 0.591. The second-order valence-electron chi connectivity index (χ2n) is 5.84. The van der Waals surface area contributed by atoms with Gasteiger partial charge in [0, 0.05) is 18.0 Å². The molecule has 1 unspecified atom stereocenters. The number of thiazole rings is 1. The van der Waals surface area contributed by atoms with Crippen LogP contribution in [-0.4, -0.2) is 38.4 Å². The summed E-state index contributed by atoms with van der Waals surface area (Å²) in [6.45, 7) is 1.75. The summed E-state index contributed by atoms with van der Waals surface area (Å²) in [5, 5.41) is 9.17. The monoisotopic (exact) mass is 383 g/mol. The van der Waals surface area contributed by atoms with Crippen LogP contribution in [-0.2, 0) is 16.0 Å². The lowest BCUT2D eigenvalue weighted by atomic mass is 10.0. The van der Waals surface area contributed by atoms with E-state index in [0.29, 0.717) is 10.8 Å². The van der Waals surface area contributed by atoms with Gasteiger partial charge in [-0.1, -0.05) is 30.3 Å². The second-order valence-corrected chi connectivity index (χ2v) is 6.71. The number of nitrogens with one attached hydrogen (secondary N) is 1. The highest BCUT2D eigenvalue weighted by molar-refractivity contribution is 7.12. The maximum atomic E-state index is 12.8. The maximum Gasteiger partial charge on any atom is 0.287 e. The molecule has 0 radical (unpaired) electrons. The number of nitrogens with two attached hydrogens (primary N) is 1. The van der Waals surface area contributed by atoms with Gasteiger partial charge in [-0.3, -0.25) is 14.4 Å². The van der Waals surface area contributed by atoms with Gasteiger partial charge in [0.05, 0.1) is 5.69 Å². The number of amides is 2. The van der Waals surface area contributed by atoms with Gasteiger partial charge in [0.15, 0.2) is 0 Å². The third kappa shape index (κ3) is 4.26. The number of rotatable bonds is 7. The number of benzene rings is 1. The smallest absolute Gasteiger partial charge is 0.287 e. The molecule has 27 heavy (non-hydrogen) atoms. The van der Waals surface area contributed by atoms with Crippen molar-refractivity contribution in [3.05, 3.63) is 64.9 Å². The molecule has 0 saturated heterocycles. The number of aromatic nitrogens is 3. The van der Waals surface area contributed by atoms with E-state index in [1.54, 1.807) is 36.7 Å². The van der Waals surface area contributed by atoms with E-state index in [2.05, 4.69) is 15.4 Å². The third-order valence-electron chi connectivity index (χ3n) is 3.81. The first-order valence-electron chi connectivity index (χ1n) is 8.10. The van der Waals surface area contributed by atoms with Crippen LogP contribution in [0.5, 0.6) is 0 Å². The van der Waals surface area contributed by atoms with E-state index in [-0.39, 0.29) is 12.1 Å². The Morgan fingerprint density at radius 2 is 2.00 bits per heavy atom. The van der Waals surface area contributed by atoms with Crippen LogP contribution in [0.3, 0.4) is 0 Å². The molecule has 1 aromatic carbocycles. The maximum absolute atomic E-state index is 12.8. The van der Waals surface area contributed by atoms with Crippen molar-refractivity contribution in [3.8, 4) is 5.13 Å². The van der Waals surface area contributed by atoms with Gasteiger partial charge in [-0.15, -0.1) is 11.3 Å². The van der Waals surface area contributed by atoms with Crippen LogP contribution in [0.1, 0.15) is 21.7 Å². The molecular weight excluding hydrogens is 366 g/mol. The minimum absolute atomic E-state index is 0.152. The number of Topliss-reactive ketones (excluding diaryl/α,β-unsaturated/α-hetero) is 1. The predicted molar refractivity (Wildman–Crippen MR) is 99.6 cm³/mol. The third-order valence-corrected chi connectivity index (χ3v) is 4.56. The molecule has 3 rings (SSSR count). The van der Waals surface area contributed by atoms with Crippen LogP contribution in [0.4, 0.5) is 0 Å². The van der Waals surface area contributed by atoms with Gasteiger partial charge >= 0.3 is 0 Å². The summed E-state index contributed by atoms with van der Waals surface area (Å²) in [5.74, 6) is -2.49. The van der Waals surface area contributed by atoms with Gasteiger partial charge in [-0.05, 0) is 18.6 Å². The number of ketones is 1. The highest BCUT2D eigenvalue weighted by atomic mass is 32.1. The first kappa shape index (κ1) is 18.5. The molecule has 0 aliphatic heterocycles. The minimum Gasteiger partial charge on any atom is -0.363 e. The number of primary amides is 1. The van der Waals surface area contributed by atoms with Crippen molar-refractivity contribution in [2.24, 2.45) is 5.73 Å². The first-order valence-corrected chi connectivity index (χ1v) is 8.98. The molecule has 1 atom stereocenters. The predicted octanol–water partition coefficient (Wildman–Crippen LogP) is 1.03. The van der Waals surface area contributed by atoms with Crippen molar-refractivity contribution in [2.75, 3.05) is 0 Å². The van der Waals surface area contributed by atoms with Crippen molar-refractivity contribution in [1.29, 1.82) is 0 Å². The lowest BCUT2D eigenvalue weighted by Gasteiger charge is -2.16. The summed E-state index contributed by atoms with van der Waals surface area (Å²) in [4.78, 5) is 40.6. The van der Waals surface area contributed by atoms with Gasteiger partial charge in [0.25, 0.3) is 11.8 Å². The Morgan fingerprint density at radius 3 is 2.63 bits per heavy atom. The summed E-state index contributed by atoms with van der Waals surface area (Å²) in [5.41, 5.74) is 6.79. The van der Waals surface area contributed by atoms with Gasteiger partial charge in [-0.2, -0.15) is 5.10 Å². The molecule has 0 saturated carbocycles. The Labute approximate surface area is 159 Å². The van der Waals surface area contributed by atoms with Gasteiger partial charge < -0.3 is 11.1 Å². The highest BCUT2D eigenvalue weighted by Crippen LogP contribution is 2.15. The summed E-state index contributed by atoms with van der Waals surface area (Å²) in [6.07, 6.45) is 1.76. The molecule has 0 bridgehead atoms. The number of aryl methyl sites for hydroxylation is 1. The van der Waals surface area contributed by atoms with Crippen molar-refractivity contribution < 1.29 is 14.4 Å². The van der Waals surface area contributed by atoms with E-state index in [1.807, 2.05) is 18.2 Å². The summed E-state index contributed by atoms with van der Waals surface area (Å²) in [7, 11) is 0. The molecule has 9 heteroatoms. The number of nitrogens with zero attached hydrogens (tertiary/aromatic N) is 3. The fraction of sp³-hybridized carbons (Fsp3) is 0.167. The fourth-order valence-electron chi connectivity index (χ4n) is 2.59. The zero-order valence-electron chi connectivity index (χ0n) is 14.5. The first-order chi connectivity index (χ1) is 13.0.